The minimum atomic E-state index is 0.193. The van der Waals surface area contributed by atoms with Crippen LogP contribution in [0.5, 0.6) is 0 Å². The molecule has 0 aromatic heterocycles. The van der Waals surface area contributed by atoms with Crippen LogP contribution in [0.3, 0.4) is 0 Å². The standard InChI is InChI=1S/C20H33N2O2.C2H6/c1-16(19-9-12-21(2)15-20(19)23-3)24-18(13-17-7-8-17)14-22-10-5-4-6-11-22;1-2/h7-8,18-20H,1,4-6,9-15H2,2-3H3;1-2H3. The third kappa shape index (κ3) is 6.71. The van der Waals surface area contributed by atoms with Gasteiger partial charge in [0.1, 0.15) is 6.10 Å². The second-order valence-electron chi connectivity index (χ2n) is 7.61. The maximum absolute atomic E-state index is 6.42. The summed E-state index contributed by atoms with van der Waals surface area (Å²) in [5.41, 5.74) is 1.43. The number of likely N-dealkylation sites (tertiary alicyclic amines) is 2. The van der Waals surface area contributed by atoms with Gasteiger partial charge in [0.05, 0.1) is 11.9 Å². The summed E-state index contributed by atoms with van der Waals surface area (Å²) in [4.78, 5) is 4.89. The van der Waals surface area contributed by atoms with Crippen LogP contribution in [0, 0.1) is 12.3 Å². The lowest BCUT2D eigenvalue weighted by atomic mass is 9.92. The van der Waals surface area contributed by atoms with Crippen molar-refractivity contribution in [2.75, 3.05) is 46.9 Å². The predicted molar refractivity (Wildman–Crippen MR) is 109 cm³/mol. The van der Waals surface area contributed by atoms with Crippen LogP contribution in [0.15, 0.2) is 24.0 Å². The molecule has 0 aromatic carbocycles. The number of allylic oxidation sites excluding steroid dienone is 1. The summed E-state index contributed by atoms with van der Waals surface area (Å²) in [5, 5.41) is 0. The lowest BCUT2D eigenvalue weighted by Gasteiger charge is -2.38. The number of hydrogen-bond donors (Lipinski definition) is 0. The van der Waals surface area contributed by atoms with E-state index in [1.807, 2.05) is 13.8 Å². The number of piperidine rings is 2. The second kappa shape index (κ2) is 11.1. The van der Waals surface area contributed by atoms with E-state index < -0.39 is 0 Å². The highest BCUT2D eigenvalue weighted by molar-refractivity contribution is 5.39. The van der Waals surface area contributed by atoms with Gasteiger partial charge in [-0.15, -0.1) is 0 Å². The summed E-state index contributed by atoms with van der Waals surface area (Å²) in [6, 6.07) is 0. The smallest absolute Gasteiger partial charge is 0.115 e. The number of ether oxygens (including phenoxy) is 2. The Labute approximate surface area is 161 Å². The van der Waals surface area contributed by atoms with Crippen molar-refractivity contribution in [3.63, 3.8) is 0 Å². The lowest BCUT2D eigenvalue weighted by Crippen LogP contribution is -2.44. The van der Waals surface area contributed by atoms with Gasteiger partial charge in [-0.2, -0.15) is 0 Å². The summed E-state index contributed by atoms with van der Waals surface area (Å²) in [6.45, 7) is 13.8. The zero-order chi connectivity index (χ0) is 18.9. The van der Waals surface area contributed by atoms with Crippen LogP contribution >= 0.6 is 0 Å². The van der Waals surface area contributed by atoms with Crippen molar-refractivity contribution in [2.45, 2.75) is 58.2 Å². The summed E-state index contributed by atoms with van der Waals surface area (Å²) in [6.07, 6.45) is 10.9. The molecule has 1 radical (unpaired) electrons. The molecule has 3 aliphatic rings. The second-order valence-corrected chi connectivity index (χ2v) is 7.61. The molecule has 0 saturated carbocycles. The van der Waals surface area contributed by atoms with Crippen LogP contribution in [0.25, 0.3) is 0 Å². The van der Waals surface area contributed by atoms with Gasteiger partial charge < -0.3 is 14.4 Å². The minimum absolute atomic E-state index is 0.193. The van der Waals surface area contributed by atoms with E-state index in [9.17, 15) is 0 Å². The van der Waals surface area contributed by atoms with Gasteiger partial charge in [-0.25, -0.2) is 0 Å². The maximum Gasteiger partial charge on any atom is 0.115 e. The summed E-state index contributed by atoms with van der Waals surface area (Å²) in [5.74, 6) is 1.24. The van der Waals surface area contributed by atoms with Gasteiger partial charge in [0, 0.05) is 39.0 Å². The molecule has 1 aliphatic carbocycles. The van der Waals surface area contributed by atoms with Gasteiger partial charge in [-0.05, 0) is 45.9 Å². The molecule has 149 valence electrons. The Morgan fingerprint density at radius 1 is 1.23 bits per heavy atom. The SMILES string of the molecule is C=C(OC(CC1=C[CH]1)CN1CCCCC1)C1CCN(C)CC1OC.CC. The van der Waals surface area contributed by atoms with Gasteiger partial charge in [-0.1, -0.05) is 38.5 Å². The van der Waals surface area contributed by atoms with Gasteiger partial charge in [0.25, 0.3) is 0 Å². The Bertz CT molecular complexity index is 457. The van der Waals surface area contributed by atoms with Crippen LogP contribution in [-0.2, 0) is 9.47 Å². The Balaban J connectivity index is 0.00000117. The van der Waals surface area contributed by atoms with Gasteiger partial charge in [-0.3, -0.25) is 4.90 Å². The van der Waals surface area contributed by atoms with E-state index in [2.05, 4.69) is 35.9 Å². The quantitative estimate of drug-likeness (QED) is 0.611. The fourth-order valence-electron chi connectivity index (χ4n) is 4.01. The Hall–Kier alpha value is -0.840. The summed E-state index contributed by atoms with van der Waals surface area (Å²) < 4.78 is 12.1. The molecule has 2 aliphatic heterocycles. The Morgan fingerprint density at radius 2 is 1.92 bits per heavy atom. The molecule has 0 aromatic rings. The molecular formula is C22H39N2O2. The van der Waals surface area contributed by atoms with E-state index in [-0.39, 0.29) is 12.2 Å². The molecule has 3 unspecified atom stereocenters. The van der Waals surface area contributed by atoms with Gasteiger partial charge in [0.2, 0.25) is 0 Å². The van der Waals surface area contributed by atoms with Crippen molar-refractivity contribution in [1.29, 1.82) is 0 Å². The number of methoxy groups -OCH3 is 1. The molecule has 3 rings (SSSR count). The highest BCUT2D eigenvalue weighted by atomic mass is 16.5. The molecule has 4 nitrogen and oxygen atoms in total. The van der Waals surface area contributed by atoms with Crippen LogP contribution in [-0.4, -0.2) is 68.9 Å². The van der Waals surface area contributed by atoms with E-state index >= 15 is 0 Å². The molecule has 26 heavy (non-hydrogen) atoms. The van der Waals surface area contributed by atoms with Crippen molar-refractivity contribution in [3.8, 4) is 0 Å². The van der Waals surface area contributed by atoms with E-state index in [0.29, 0.717) is 5.92 Å². The van der Waals surface area contributed by atoms with E-state index in [4.69, 9.17) is 9.47 Å². The minimum Gasteiger partial charge on any atom is -0.493 e. The first kappa shape index (κ1) is 21.5. The number of hydrogen-bond acceptors (Lipinski definition) is 4. The maximum atomic E-state index is 6.42. The fraction of sp³-hybridized carbons (Fsp3) is 0.773. The lowest BCUT2D eigenvalue weighted by molar-refractivity contribution is -0.0265. The van der Waals surface area contributed by atoms with Gasteiger partial charge >= 0.3 is 0 Å². The molecule has 0 bridgehead atoms. The first-order valence-corrected chi connectivity index (χ1v) is 10.5. The fourth-order valence-corrected chi connectivity index (χ4v) is 4.01. The molecule has 2 fully saturated rings. The number of nitrogens with zero attached hydrogens (tertiary/aromatic N) is 2. The third-order valence-corrected chi connectivity index (χ3v) is 5.57. The van der Waals surface area contributed by atoms with Crippen LogP contribution in [0.1, 0.15) is 46.0 Å². The van der Waals surface area contributed by atoms with Crippen molar-refractivity contribution < 1.29 is 9.47 Å². The molecule has 4 heteroatoms. The highest BCUT2D eigenvalue weighted by Crippen LogP contribution is 2.30. The summed E-state index contributed by atoms with van der Waals surface area (Å²) in [7, 11) is 3.96. The largest absolute Gasteiger partial charge is 0.493 e. The zero-order valence-electron chi connectivity index (χ0n) is 17.4. The van der Waals surface area contributed by atoms with Crippen LogP contribution in [0.4, 0.5) is 0 Å². The number of rotatable bonds is 8. The predicted octanol–water partition coefficient (Wildman–Crippen LogP) is 3.90. The zero-order valence-corrected chi connectivity index (χ0v) is 17.4. The topological polar surface area (TPSA) is 24.9 Å². The monoisotopic (exact) mass is 363 g/mol. The van der Waals surface area contributed by atoms with Crippen LogP contribution in [0.2, 0.25) is 0 Å². The molecular weight excluding hydrogens is 324 g/mol. The molecule has 0 N–H and O–H groups in total. The molecule has 3 atom stereocenters. The normalized spacial score (nSPS) is 27.8. The van der Waals surface area contributed by atoms with Crippen molar-refractivity contribution in [1.82, 2.24) is 9.80 Å². The average Bonchev–Trinajstić information content (AvgIpc) is 3.48. The highest BCUT2D eigenvalue weighted by Gasteiger charge is 2.32. The van der Waals surface area contributed by atoms with Crippen molar-refractivity contribution >= 4 is 0 Å². The van der Waals surface area contributed by atoms with Crippen molar-refractivity contribution in [3.05, 3.63) is 30.4 Å². The Morgan fingerprint density at radius 3 is 2.54 bits per heavy atom. The van der Waals surface area contributed by atoms with Crippen LogP contribution < -0.4 is 0 Å². The Kier molecular flexibility index (Phi) is 9.17. The summed E-state index contributed by atoms with van der Waals surface area (Å²) >= 11 is 0. The number of likely N-dealkylation sites (N-methyl/N-ethyl adjacent to an activating group) is 1. The first-order valence-electron chi connectivity index (χ1n) is 10.5. The third-order valence-electron chi connectivity index (χ3n) is 5.57. The average molecular weight is 364 g/mol. The molecule has 2 saturated heterocycles. The van der Waals surface area contributed by atoms with Gasteiger partial charge in [0.15, 0.2) is 0 Å². The van der Waals surface area contributed by atoms with E-state index in [0.717, 1.165) is 38.2 Å². The first-order chi connectivity index (χ1) is 12.7. The van der Waals surface area contributed by atoms with Crippen molar-refractivity contribution in [2.24, 2.45) is 5.92 Å². The molecule has 2 heterocycles. The molecule has 0 spiro atoms. The van der Waals surface area contributed by atoms with E-state index in [1.54, 1.807) is 7.11 Å². The molecule has 0 amide bonds. The van der Waals surface area contributed by atoms with E-state index in [1.165, 1.54) is 37.9 Å².